The van der Waals surface area contributed by atoms with Crippen molar-refractivity contribution < 1.29 is 9.53 Å². The van der Waals surface area contributed by atoms with Crippen LogP contribution in [-0.4, -0.2) is 22.9 Å². The average Bonchev–Trinajstić information content (AvgIpc) is 3.02. The number of amides is 2. The Morgan fingerprint density at radius 2 is 1.88 bits per heavy atom. The Balaban J connectivity index is 1.64. The lowest BCUT2D eigenvalue weighted by Gasteiger charge is -2.09. The van der Waals surface area contributed by atoms with E-state index < -0.39 is 0 Å². The Kier molecular flexibility index (Phi) is 4.81. The summed E-state index contributed by atoms with van der Waals surface area (Å²) in [6, 6.07) is 14.2. The van der Waals surface area contributed by atoms with Gasteiger partial charge in [0.25, 0.3) is 0 Å². The second kappa shape index (κ2) is 7.18. The van der Waals surface area contributed by atoms with Gasteiger partial charge in [0.2, 0.25) is 0 Å². The van der Waals surface area contributed by atoms with Crippen LogP contribution in [-0.2, 0) is 0 Å². The Bertz CT molecular complexity index is 846. The molecule has 0 saturated carbocycles. The summed E-state index contributed by atoms with van der Waals surface area (Å²) in [5, 5.41) is 9.75. The number of nitrogens with zero attached hydrogens (tertiary/aromatic N) is 2. The van der Waals surface area contributed by atoms with Gasteiger partial charge in [0, 0.05) is 23.6 Å². The number of ether oxygens (including phenoxy) is 1. The molecule has 24 heavy (non-hydrogen) atoms. The van der Waals surface area contributed by atoms with Crippen LogP contribution in [0.15, 0.2) is 65.4 Å². The number of carbonyl (C=O) groups is 1. The maximum absolute atomic E-state index is 12.1. The van der Waals surface area contributed by atoms with Crippen molar-refractivity contribution in [3.63, 3.8) is 0 Å². The molecule has 0 unspecified atom stereocenters. The van der Waals surface area contributed by atoms with Gasteiger partial charge in [0.1, 0.15) is 5.75 Å². The molecule has 6 nitrogen and oxygen atoms in total. The van der Waals surface area contributed by atoms with Crippen LogP contribution in [0.4, 0.5) is 16.2 Å². The highest BCUT2D eigenvalue weighted by atomic mass is 79.9. The summed E-state index contributed by atoms with van der Waals surface area (Å²) in [6.45, 7) is 0. The van der Waals surface area contributed by atoms with E-state index in [1.807, 2.05) is 42.6 Å². The molecule has 3 rings (SSSR count). The third-order valence-electron chi connectivity index (χ3n) is 3.27. The summed E-state index contributed by atoms with van der Waals surface area (Å²) >= 11 is 3.36. The molecule has 0 aliphatic carbocycles. The zero-order valence-corrected chi connectivity index (χ0v) is 14.4. The summed E-state index contributed by atoms with van der Waals surface area (Å²) in [6.07, 6.45) is 3.58. The summed E-state index contributed by atoms with van der Waals surface area (Å²) in [5.74, 6) is 0.683. The Morgan fingerprint density at radius 1 is 1.12 bits per heavy atom. The first-order valence-electron chi connectivity index (χ1n) is 7.17. The number of carbonyl (C=O) groups excluding carboxylic acids is 1. The van der Waals surface area contributed by atoms with Crippen molar-refractivity contribution in [2.45, 2.75) is 0 Å². The molecule has 0 atom stereocenters. The number of hydrogen-bond acceptors (Lipinski definition) is 3. The molecule has 0 radical (unpaired) electrons. The minimum Gasteiger partial charge on any atom is -0.497 e. The van der Waals surface area contributed by atoms with E-state index in [0.29, 0.717) is 17.1 Å². The van der Waals surface area contributed by atoms with Crippen LogP contribution in [0, 0.1) is 0 Å². The average molecular weight is 387 g/mol. The van der Waals surface area contributed by atoms with Crippen LogP contribution in [0.3, 0.4) is 0 Å². The van der Waals surface area contributed by atoms with Gasteiger partial charge in [-0.05, 0) is 52.3 Å². The first kappa shape index (κ1) is 16.1. The van der Waals surface area contributed by atoms with E-state index in [1.165, 1.54) is 0 Å². The molecule has 0 aliphatic heterocycles. The molecule has 3 aromatic rings. The molecule has 0 saturated heterocycles. The third kappa shape index (κ3) is 3.94. The van der Waals surface area contributed by atoms with Crippen molar-refractivity contribution in [2.24, 2.45) is 0 Å². The molecule has 0 aliphatic rings. The highest BCUT2D eigenvalue weighted by molar-refractivity contribution is 9.10. The third-order valence-corrected chi connectivity index (χ3v) is 3.68. The SMILES string of the molecule is COc1cccc(NC(=O)Nc2ccc(-n3cc(Br)cn3)cc2)c1. The van der Waals surface area contributed by atoms with Gasteiger partial charge in [0.05, 0.1) is 23.5 Å². The van der Waals surface area contributed by atoms with Crippen LogP contribution >= 0.6 is 15.9 Å². The van der Waals surface area contributed by atoms with Crippen molar-refractivity contribution in [1.29, 1.82) is 0 Å². The molecular weight excluding hydrogens is 372 g/mol. The number of aromatic nitrogens is 2. The molecule has 2 amide bonds. The maximum atomic E-state index is 12.1. The number of hydrogen-bond donors (Lipinski definition) is 2. The molecule has 2 aromatic carbocycles. The fraction of sp³-hybridized carbons (Fsp3) is 0.0588. The summed E-state index contributed by atoms with van der Waals surface area (Å²) < 4.78 is 7.77. The highest BCUT2D eigenvalue weighted by Crippen LogP contribution is 2.18. The number of rotatable bonds is 4. The van der Waals surface area contributed by atoms with Gasteiger partial charge in [-0.2, -0.15) is 5.10 Å². The Hall–Kier alpha value is -2.80. The Morgan fingerprint density at radius 3 is 2.54 bits per heavy atom. The van der Waals surface area contributed by atoms with Crippen LogP contribution in [0.2, 0.25) is 0 Å². The number of benzene rings is 2. The van der Waals surface area contributed by atoms with Gasteiger partial charge < -0.3 is 15.4 Å². The van der Waals surface area contributed by atoms with E-state index in [4.69, 9.17) is 4.74 Å². The minimum absolute atomic E-state index is 0.321. The molecule has 1 aromatic heterocycles. The molecule has 0 fully saturated rings. The van der Waals surface area contributed by atoms with Crippen LogP contribution in [0.25, 0.3) is 5.69 Å². The molecule has 2 N–H and O–H groups in total. The molecule has 0 spiro atoms. The lowest BCUT2D eigenvalue weighted by molar-refractivity contribution is 0.262. The zero-order chi connectivity index (χ0) is 16.9. The summed E-state index contributed by atoms with van der Waals surface area (Å²) in [4.78, 5) is 12.1. The van der Waals surface area contributed by atoms with E-state index in [-0.39, 0.29) is 6.03 Å². The monoisotopic (exact) mass is 386 g/mol. The Labute approximate surface area is 147 Å². The lowest BCUT2D eigenvalue weighted by Crippen LogP contribution is -2.19. The van der Waals surface area contributed by atoms with Crippen LogP contribution < -0.4 is 15.4 Å². The first-order valence-corrected chi connectivity index (χ1v) is 7.96. The second-order valence-electron chi connectivity index (χ2n) is 4.96. The number of nitrogens with one attached hydrogen (secondary N) is 2. The van der Waals surface area contributed by atoms with Crippen molar-refractivity contribution >= 4 is 33.3 Å². The van der Waals surface area contributed by atoms with Crippen molar-refractivity contribution in [2.75, 3.05) is 17.7 Å². The molecule has 7 heteroatoms. The van der Waals surface area contributed by atoms with Gasteiger partial charge >= 0.3 is 6.03 Å². The quantitative estimate of drug-likeness (QED) is 0.702. The van der Waals surface area contributed by atoms with Gasteiger partial charge in [-0.15, -0.1) is 0 Å². The summed E-state index contributed by atoms with van der Waals surface area (Å²) in [5.41, 5.74) is 2.25. The number of urea groups is 1. The van der Waals surface area contributed by atoms with Crippen LogP contribution in [0.1, 0.15) is 0 Å². The second-order valence-corrected chi connectivity index (χ2v) is 5.88. The smallest absolute Gasteiger partial charge is 0.323 e. The summed E-state index contributed by atoms with van der Waals surface area (Å²) in [7, 11) is 1.58. The van der Waals surface area contributed by atoms with E-state index in [9.17, 15) is 4.79 Å². The fourth-order valence-corrected chi connectivity index (χ4v) is 2.42. The van der Waals surface area contributed by atoms with Gasteiger partial charge in [-0.3, -0.25) is 0 Å². The molecule has 122 valence electrons. The highest BCUT2D eigenvalue weighted by Gasteiger charge is 2.05. The number of halogens is 1. The van der Waals surface area contributed by atoms with Gasteiger partial charge in [-0.1, -0.05) is 6.07 Å². The van der Waals surface area contributed by atoms with E-state index in [0.717, 1.165) is 10.2 Å². The van der Waals surface area contributed by atoms with Crippen LogP contribution in [0.5, 0.6) is 5.75 Å². The van der Waals surface area contributed by atoms with E-state index in [1.54, 1.807) is 30.1 Å². The predicted octanol–water partition coefficient (Wildman–Crippen LogP) is 4.29. The van der Waals surface area contributed by atoms with Gasteiger partial charge in [-0.25, -0.2) is 9.48 Å². The van der Waals surface area contributed by atoms with Crippen molar-refractivity contribution in [3.05, 3.63) is 65.4 Å². The van der Waals surface area contributed by atoms with Gasteiger partial charge in [0.15, 0.2) is 0 Å². The maximum Gasteiger partial charge on any atom is 0.323 e. The standard InChI is InChI=1S/C17H15BrN4O2/c1-24-16-4-2-3-14(9-16)21-17(23)20-13-5-7-15(8-6-13)22-11-12(18)10-19-22/h2-11H,1H3,(H2,20,21,23). The van der Waals surface area contributed by atoms with E-state index >= 15 is 0 Å². The topological polar surface area (TPSA) is 68.2 Å². The fourth-order valence-electron chi connectivity index (χ4n) is 2.13. The van der Waals surface area contributed by atoms with Crippen molar-refractivity contribution in [1.82, 2.24) is 9.78 Å². The zero-order valence-electron chi connectivity index (χ0n) is 12.9. The largest absolute Gasteiger partial charge is 0.497 e. The number of methoxy groups -OCH3 is 1. The molecule has 1 heterocycles. The molecular formula is C17H15BrN4O2. The molecule has 0 bridgehead atoms. The lowest BCUT2D eigenvalue weighted by atomic mass is 10.3. The first-order chi connectivity index (χ1) is 11.6. The number of anilines is 2. The van der Waals surface area contributed by atoms with Crippen molar-refractivity contribution in [3.8, 4) is 11.4 Å². The normalized spacial score (nSPS) is 10.2. The predicted molar refractivity (Wildman–Crippen MR) is 96.9 cm³/mol. The minimum atomic E-state index is -0.321. The van der Waals surface area contributed by atoms with E-state index in [2.05, 4.69) is 31.7 Å².